The molecule has 0 aliphatic carbocycles. The van der Waals surface area contributed by atoms with E-state index in [9.17, 15) is 0 Å². The zero-order chi connectivity index (χ0) is 7.56. The first-order valence-electron chi connectivity index (χ1n) is 3.45. The number of rotatable bonds is 2. The number of aryl methyl sites for hydroxylation is 1. The molecule has 1 rings (SSSR count). The van der Waals surface area contributed by atoms with Gasteiger partial charge in [0.1, 0.15) is 5.82 Å². The van der Waals surface area contributed by atoms with E-state index in [4.69, 9.17) is 0 Å². The molecule has 0 unspecified atom stereocenters. The van der Waals surface area contributed by atoms with Crippen molar-refractivity contribution in [3.63, 3.8) is 0 Å². The van der Waals surface area contributed by atoms with Crippen LogP contribution >= 0.6 is 0 Å². The minimum atomic E-state index is 1.01. The third-order valence-electron chi connectivity index (χ3n) is 1.47. The van der Waals surface area contributed by atoms with Gasteiger partial charge in [0.05, 0.1) is 12.0 Å². The number of H-pyrrole nitrogens is 1. The van der Waals surface area contributed by atoms with Crippen molar-refractivity contribution in [2.24, 2.45) is 0 Å². The van der Waals surface area contributed by atoms with E-state index in [1.54, 1.807) is 6.33 Å². The van der Waals surface area contributed by atoms with Crippen LogP contribution in [0.25, 0.3) is 0 Å². The van der Waals surface area contributed by atoms with Crippen molar-refractivity contribution in [3.8, 4) is 0 Å². The lowest BCUT2D eigenvalue weighted by Gasteiger charge is -2.09. The van der Waals surface area contributed by atoms with Gasteiger partial charge < -0.3 is 9.88 Å². The molecular weight excluding hydrogens is 126 g/mol. The first-order valence-corrected chi connectivity index (χ1v) is 3.45. The Hall–Kier alpha value is -0.990. The maximum atomic E-state index is 4.16. The normalized spacial score (nSPS) is 9.90. The molecule has 56 valence electrons. The molecule has 0 bridgehead atoms. The number of hydrogen-bond acceptors (Lipinski definition) is 2. The summed E-state index contributed by atoms with van der Waals surface area (Å²) < 4.78 is 0. The van der Waals surface area contributed by atoms with Crippen LogP contribution in [0.1, 0.15) is 12.6 Å². The Morgan fingerprint density at radius 2 is 2.30 bits per heavy atom. The fourth-order valence-corrected chi connectivity index (χ4v) is 0.959. The SMILES string of the molecule is CCc1[nH]cnc1N(C)C. The second-order valence-electron chi connectivity index (χ2n) is 2.45. The smallest absolute Gasteiger partial charge is 0.149 e. The summed E-state index contributed by atoms with van der Waals surface area (Å²) in [6.07, 6.45) is 2.74. The second-order valence-corrected chi connectivity index (χ2v) is 2.45. The summed E-state index contributed by atoms with van der Waals surface area (Å²) in [6.45, 7) is 2.11. The highest BCUT2D eigenvalue weighted by molar-refractivity contribution is 5.41. The van der Waals surface area contributed by atoms with Gasteiger partial charge in [-0.2, -0.15) is 0 Å². The zero-order valence-electron chi connectivity index (χ0n) is 6.68. The summed E-state index contributed by atoms with van der Waals surface area (Å²) in [7, 11) is 3.99. The van der Waals surface area contributed by atoms with Gasteiger partial charge >= 0.3 is 0 Å². The molecule has 0 fully saturated rings. The van der Waals surface area contributed by atoms with Gasteiger partial charge in [0.2, 0.25) is 0 Å². The van der Waals surface area contributed by atoms with Crippen LogP contribution in [0.3, 0.4) is 0 Å². The van der Waals surface area contributed by atoms with Crippen LogP contribution in [0.4, 0.5) is 5.82 Å². The van der Waals surface area contributed by atoms with Crippen molar-refractivity contribution >= 4 is 5.82 Å². The summed E-state index contributed by atoms with van der Waals surface area (Å²) in [5.74, 6) is 1.04. The van der Waals surface area contributed by atoms with Crippen molar-refractivity contribution in [2.75, 3.05) is 19.0 Å². The molecule has 0 amide bonds. The van der Waals surface area contributed by atoms with Gasteiger partial charge in [0.25, 0.3) is 0 Å². The van der Waals surface area contributed by atoms with Crippen molar-refractivity contribution in [1.29, 1.82) is 0 Å². The molecule has 1 N–H and O–H groups in total. The standard InChI is InChI=1S/C7H13N3/c1-4-6-7(10(2)3)9-5-8-6/h5H,4H2,1-3H3,(H,8,9). The number of hydrogen-bond donors (Lipinski definition) is 1. The Bertz CT molecular complexity index is 202. The first kappa shape index (κ1) is 7.12. The molecule has 0 radical (unpaired) electrons. The Labute approximate surface area is 61.1 Å². The molecule has 0 saturated carbocycles. The number of imidazole rings is 1. The second kappa shape index (κ2) is 2.73. The molecule has 3 nitrogen and oxygen atoms in total. The third-order valence-corrected chi connectivity index (χ3v) is 1.47. The largest absolute Gasteiger partial charge is 0.361 e. The number of nitrogens with one attached hydrogen (secondary N) is 1. The lowest BCUT2D eigenvalue weighted by molar-refractivity contribution is 1.01. The molecule has 1 aromatic heterocycles. The van der Waals surface area contributed by atoms with Gasteiger partial charge in [0, 0.05) is 14.1 Å². The topological polar surface area (TPSA) is 31.9 Å². The molecular formula is C7H13N3. The number of aromatic nitrogens is 2. The molecule has 0 aliphatic rings. The average molecular weight is 139 g/mol. The molecule has 0 atom stereocenters. The van der Waals surface area contributed by atoms with Crippen LogP contribution in [-0.4, -0.2) is 24.1 Å². The van der Waals surface area contributed by atoms with Gasteiger partial charge in [-0.25, -0.2) is 4.98 Å². The predicted molar refractivity (Wildman–Crippen MR) is 42.3 cm³/mol. The molecule has 1 heterocycles. The highest BCUT2D eigenvalue weighted by Gasteiger charge is 2.03. The summed E-state index contributed by atoms with van der Waals surface area (Å²) >= 11 is 0. The van der Waals surface area contributed by atoms with E-state index in [1.807, 2.05) is 19.0 Å². The Balaban J connectivity index is 2.90. The summed E-state index contributed by atoms with van der Waals surface area (Å²) in [4.78, 5) is 9.25. The van der Waals surface area contributed by atoms with Crippen LogP contribution in [0.2, 0.25) is 0 Å². The van der Waals surface area contributed by atoms with Crippen molar-refractivity contribution in [2.45, 2.75) is 13.3 Å². The highest BCUT2D eigenvalue weighted by Crippen LogP contribution is 2.11. The monoisotopic (exact) mass is 139 g/mol. The number of nitrogens with zero attached hydrogens (tertiary/aromatic N) is 2. The van der Waals surface area contributed by atoms with Crippen LogP contribution < -0.4 is 4.90 Å². The summed E-state index contributed by atoms with van der Waals surface area (Å²) in [5, 5.41) is 0. The van der Waals surface area contributed by atoms with E-state index in [1.165, 1.54) is 5.69 Å². The van der Waals surface area contributed by atoms with E-state index in [0.29, 0.717) is 0 Å². The van der Waals surface area contributed by atoms with Crippen LogP contribution in [-0.2, 0) is 6.42 Å². The molecule has 0 aromatic carbocycles. The van der Waals surface area contributed by atoms with Crippen LogP contribution in [0, 0.1) is 0 Å². The quantitative estimate of drug-likeness (QED) is 0.663. The number of anilines is 1. The average Bonchev–Trinajstić information content (AvgIpc) is 2.33. The van der Waals surface area contributed by atoms with Crippen molar-refractivity contribution in [3.05, 3.63) is 12.0 Å². The van der Waals surface area contributed by atoms with Gasteiger partial charge in [-0.15, -0.1) is 0 Å². The Morgan fingerprint density at radius 1 is 1.60 bits per heavy atom. The maximum Gasteiger partial charge on any atom is 0.149 e. The van der Waals surface area contributed by atoms with E-state index in [-0.39, 0.29) is 0 Å². The summed E-state index contributed by atoms with van der Waals surface area (Å²) in [5.41, 5.74) is 1.20. The molecule has 3 heteroatoms. The molecule has 10 heavy (non-hydrogen) atoms. The molecule has 0 spiro atoms. The van der Waals surface area contributed by atoms with Gasteiger partial charge in [-0.3, -0.25) is 0 Å². The first-order chi connectivity index (χ1) is 4.75. The fraction of sp³-hybridized carbons (Fsp3) is 0.571. The molecule has 0 aliphatic heterocycles. The lowest BCUT2D eigenvalue weighted by atomic mass is 10.3. The number of aromatic amines is 1. The van der Waals surface area contributed by atoms with Gasteiger partial charge in [-0.1, -0.05) is 6.92 Å². The van der Waals surface area contributed by atoms with Crippen LogP contribution in [0.5, 0.6) is 0 Å². The van der Waals surface area contributed by atoms with Crippen LogP contribution in [0.15, 0.2) is 6.33 Å². The highest BCUT2D eigenvalue weighted by atomic mass is 15.2. The zero-order valence-corrected chi connectivity index (χ0v) is 6.68. The molecule has 1 aromatic rings. The lowest BCUT2D eigenvalue weighted by Crippen LogP contribution is -2.10. The van der Waals surface area contributed by atoms with Gasteiger partial charge in [-0.05, 0) is 6.42 Å². The Morgan fingerprint density at radius 3 is 2.70 bits per heavy atom. The van der Waals surface area contributed by atoms with E-state index < -0.39 is 0 Å². The maximum absolute atomic E-state index is 4.16. The minimum Gasteiger partial charge on any atom is -0.361 e. The van der Waals surface area contributed by atoms with E-state index in [2.05, 4.69) is 16.9 Å². The summed E-state index contributed by atoms with van der Waals surface area (Å²) in [6, 6.07) is 0. The predicted octanol–water partition coefficient (Wildman–Crippen LogP) is 1.04. The Kier molecular flexibility index (Phi) is 1.94. The van der Waals surface area contributed by atoms with Crippen molar-refractivity contribution in [1.82, 2.24) is 9.97 Å². The fourth-order valence-electron chi connectivity index (χ4n) is 0.959. The molecule has 0 saturated heterocycles. The van der Waals surface area contributed by atoms with E-state index >= 15 is 0 Å². The minimum absolute atomic E-state index is 1.01. The third kappa shape index (κ3) is 1.12. The van der Waals surface area contributed by atoms with Crippen molar-refractivity contribution < 1.29 is 0 Å². The van der Waals surface area contributed by atoms with E-state index in [0.717, 1.165) is 12.2 Å². The van der Waals surface area contributed by atoms with Gasteiger partial charge in [0.15, 0.2) is 0 Å².